The van der Waals surface area contributed by atoms with Crippen LogP contribution in [-0.2, 0) is 23.9 Å². The summed E-state index contributed by atoms with van der Waals surface area (Å²) in [5.74, 6) is -2.62. The van der Waals surface area contributed by atoms with Crippen molar-refractivity contribution < 1.29 is 33.4 Å². The van der Waals surface area contributed by atoms with Gasteiger partial charge in [0.25, 0.3) is 11.8 Å². The van der Waals surface area contributed by atoms with Crippen molar-refractivity contribution in [1.82, 2.24) is 10.2 Å². The molecule has 0 aromatic heterocycles. The molecule has 5 amide bonds. The molecule has 1 fully saturated rings. The smallest absolute Gasteiger partial charge is 0.264 e. The molecular formula is C23H29N3O7. The summed E-state index contributed by atoms with van der Waals surface area (Å²) in [5.41, 5.74) is 0.444. The van der Waals surface area contributed by atoms with Crippen molar-refractivity contribution in [3.8, 4) is 0 Å². The predicted octanol–water partition coefficient (Wildman–Crippen LogP) is 1.64. The van der Waals surface area contributed by atoms with Crippen LogP contribution in [0.4, 0.5) is 5.69 Å². The predicted molar refractivity (Wildman–Crippen MR) is 118 cm³/mol. The summed E-state index contributed by atoms with van der Waals surface area (Å²) in [4.78, 5) is 62.8. The second-order valence-corrected chi connectivity index (χ2v) is 7.84. The van der Waals surface area contributed by atoms with E-state index >= 15 is 0 Å². The van der Waals surface area contributed by atoms with Crippen LogP contribution in [0.2, 0.25) is 0 Å². The lowest BCUT2D eigenvalue weighted by atomic mass is 10.0. The topological polar surface area (TPSA) is 131 Å². The Morgan fingerprint density at radius 1 is 1.06 bits per heavy atom. The highest BCUT2D eigenvalue weighted by Crippen LogP contribution is 2.32. The Balaban J connectivity index is 1.52. The molecule has 0 bridgehead atoms. The SMILES string of the molecule is CCOCCOCCCCCC(=O)Nc1cccc2c1C(=O)N(C1CCC(=O)NC1=O)C2=O. The van der Waals surface area contributed by atoms with Gasteiger partial charge in [-0.25, -0.2) is 0 Å². The van der Waals surface area contributed by atoms with Gasteiger partial charge >= 0.3 is 0 Å². The third-order valence-corrected chi connectivity index (χ3v) is 5.51. The van der Waals surface area contributed by atoms with Crippen LogP contribution in [-0.4, -0.2) is 66.9 Å². The largest absolute Gasteiger partial charge is 0.379 e. The van der Waals surface area contributed by atoms with Gasteiger partial charge in [0.2, 0.25) is 17.7 Å². The van der Waals surface area contributed by atoms with Crippen LogP contribution >= 0.6 is 0 Å². The number of carbonyl (C=O) groups is 5. The third kappa shape index (κ3) is 6.02. The van der Waals surface area contributed by atoms with Crippen LogP contribution in [0.15, 0.2) is 18.2 Å². The highest BCUT2D eigenvalue weighted by molar-refractivity contribution is 6.26. The van der Waals surface area contributed by atoms with Crippen LogP contribution < -0.4 is 10.6 Å². The number of unbranched alkanes of at least 4 members (excludes halogenated alkanes) is 2. The number of anilines is 1. The molecule has 0 saturated carbocycles. The number of imide groups is 2. The van der Waals surface area contributed by atoms with E-state index in [0.29, 0.717) is 32.8 Å². The maximum absolute atomic E-state index is 13.0. The van der Waals surface area contributed by atoms with Crippen LogP contribution in [0.5, 0.6) is 0 Å². The first-order valence-corrected chi connectivity index (χ1v) is 11.2. The quantitative estimate of drug-likeness (QED) is 0.359. The van der Waals surface area contributed by atoms with E-state index in [1.54, 1.807) is 12.1 Å². The van der Waals surface area contributed by atoms with Crippen molar-refractivity contribution in [3.05, 3.63) is 29.3 Å². The number of hydrogen-bond acceptors (Lipinski definition) is 7. The van der Waals surface area contributed by atoms with E-state index in [0.717, 1.165) is 17.7 Å². The van der Waals surface area contributed by atoms with Crippen molar-refractivity contribution in [2.45, 2.75) is 51.5 Å². The number of hydrogen-bond donors (Lipinski definition) is 2. The van der Waals surface area contributed by atoms with Gasteiger partial charge in [0.1, 0.15) is 6.04 Å². The maximum atomic E-state index is 13.0. The standard InChI is InChI=1S/C23H29N3O7/c1-2-32-13-14-33-12-5-3-4-9-18(27)24-16-8-6-7-15-20(16)23(31)26(22(15)30)17-10-11-19(28)25-21(17)29/h6-8,17H,2-5,9-14H2,1H3,(H,24,27)(H,25,28,29). The summed E-state index contributed by atoms with van der Waals surface area (Å²) in [5, 5.41) is 4.88. The van der Waals surface area contributed by atoms with Crippen molar-refractivity contribution in [1.29, 1.82) is 0 Å². The van der Waals surface area contributed by atoms with Crippen molar-refractivity contribution >= 4 is 35.2 Å². The van der Waals surface area contributed by atoms with Gasteiger partial charge in [-0.1, -0.05) is 12.5 Å². The molecule has 1 unspecified atom stereocenters. The molecule has 1 aromatic rings. The van der Waals surface area contributed by atoms with Gasteiger partial charge in [-0.05, 0) is 38.3 Å². The molecule has 0 spiro atoms. The number of amides is 5. The Morgan fingerprint density at radius 2 is 1.85 bits per heavy atom. The minimum atomic E-state index is -1.05. The molecule has 1 atom stereocenters. The summed E-state index contributed by atoms with van der Waals surface area (Å²) in [7, 11) is 0. The fraction of sp³-hybridized carbons (Fsp3) is 0.522. The molecular weight excluding hydrogens is 430 g/mol. The minimum absolute atomic E-state index is 0.0466. The van der Waals surface area contributed by atoms with Crippen molar-refractivity contribution in [2.75, 3.05) is 31.7 Å². The van der Waals surface area contributed by atoms with Gasteiger partial charge in [-0.2, -0.15) is 0 Å². The van der Waals surface area contributed by atoms with Gasteiger partial charge in [0, 0.05) is 26.1 Å². The normalized spacial score (nSPS) is 17.8. The summed E-state index contributed by atoms with van der Waals surface area (Å²) >= 11 is 0. The molecule has 1 aromatic carbocycles. The number of carbonyl (C=O) groups excluding carboxylic acids is 5. The Kier molecular flexibility index (Phi) is 8.67. The van der Waals surface area contributed by atoms with E-state index in [9.17, 15) is 24.0 Å². The molecule has 33 heavy (non-hydrogen) atoms. The monoisotopic (exact) mass is 459 g/mol. The number of nitrogens with one attached hydrogen (secondary N) is 2. The van der Waals surface area contributed by atoms with E-state index in [1.165, 1.54) is 6.07 Å². The molecule has 3 rings (SSSR count). The highest BCUT2D eigenvalue weighted by atomic mass is 16.5. The Bertz CT molecular complexity index is 931. The molecule has 178 valence electrons. The Morgan fingerprint density at radius 3 is 2.61 bits per heavy atom. The maximum Gasteiger partial charge on any atom is 0.264 e. The lowest BCUT2D eigenvalue weighted by molar-refractivity contribution is -0.136. The Labute approximate surface area is 192 Å². The molecule has 0 aliphatic carbocycles. The van der Waals surface area contributed by atoms with E-state index in [2.05, 4.69) is 10.6 Å². The van der Waals surface area contributed by atoms with Crippen molar-refractivity contribution in [2.24, 2.45) is 0 Å². The van der Waals surface area contributed by atoms with Crippen LogP contribution in [0.1, 0.15) is 66.2 Å². The molecule has 10 nitrogen and oxygen atoms in total. The molecule has 0 radical (unpaired) electrons. The van der Waals surface area contributed by atoms with Crippen LogP contribution in [0.3, 0.4) is 0 Å². The average Bonchev–Trinajstić information content (AvgIpc) is 3.04. The number of rotatable bonds is 12. The number of ether oxygens (including phenoxy) is 2. The highest BCUT2D eigenvalue weighted by Gasteiger charge is 2.45. The van der Waals surface area contributed by atoms with Gasteiger partial charge in [-0.15, -0.1) is 0 Å². The zero-order valence-corrected chi connectivity index (χ0v) is 18.7. The summed E-state index contributed by atoms with van der Waals surface area (Å²) in [6, 6.07) is 3.58. The lowest BCUT2D eigenvalue weighted by Crippen LogP contribution is -2.54. The van der Waals surface area contributed by atoms with Crippen molar-refractivity contribution in [3.63, 3.8) is 0 Å². The summed E-state index contributed by atoms with van der Waals surface area (Å²) in [6.07, 6.45) is 2.69. The van der Waals surface area contributed by atoms with E-state index < -0.39 is 29.7 Å². The molecule has 10 heteroatoms. The fourth-order valence-corrected chi connectivity index (χ4v) is 3.86. The molecule has 2 heterocycles. The second kappa shape index (κ2) is 11.7. The molecule has 2 aliphatic rings. The number of nitrogens with zero attached hydrogens (tertiary/aromatic N) is 1. The summed E-state index contributed by atoms with van der Waals surface area (Å²) in [6.45, 7) is 4.32. The number of benzene rings is 1. The minimum Gasteiger partial charge on any atom is -0.379 e. The van der Waals surface area contributed by atoms with E-state index in [1.807, 2.05) is 6.92 Å². The van der Waals surface area contributed by atoms with E-state index in [-0.39, 0.29) is 42.0 Å². The van der Waals surface area contributed by atoms with Gasteiger partial charge in [0.15, 0.2) is 0 Å². The first-order chi connectivity index (χ1) is 15.9. The van der Waals surface area contributed by atoms with Gasteiger partial charge in [0.05, 0.1) is 30.0 Å². The zero-order valence-electron chi connectivity index (χ0n) is 18.7. The van der Waals surface area contributed by atoms with E-state index in [4.69, 9.17) is 9.47 Å². The molecule has 1 saturated heterocycles. The van der Waals surface area contributed by atoms with Crippen LogP contribution in [0, 0.1) is 0 Å². The van der Waals surface area contributed by atoms with Crippen LogP contribution in [0.25, 0.3) is 0 Å². The molecule has 2 N–H and O–H groups in total. The summed E-state index contributed by atoms with van der Waals surface area (Å²) < 4.78 is 10.6. The number of piperidine rings is 1. The lowest BCUT2D eigenvalue weighted by Gasteiger charge is -2.27. The fourth-order valence-electron chi connectivity index (χ4n) is 3.86. The first-order valence-electron chi connectivity index (χ1n) is 11.2. The second-order valence-electron chi connectivity index (χ2n) is 7.84. The zero-order chi connectivity index (χ0) is 23.8. The number of fused-ring (bicyclic) bond motifs is 1. The van der Waals surface area contributed by atoms with Gasteiger partial charge in [-0.3, -0.25) is 34.2 Å². The third-order valence-electron chi connectivity index (χ3n) is 5.51. The Hall–Kier alpha value is -3.11. The van der Waals surface area contributed by atoms with Gasteiger partial charge < -0.3 is 14.8 Å². The molecule has 2 aliphatic heterocycles. The first kappa shape index (κ1) is 24.5. The average molecular weight is 459 g/mol.